The predicted octanol–water partition coefficient (Wildman–Crippen LogP) is 6.41. The van der Waals surface area contributed by atoms with Crippen molar-refractivity contribution in [3.8, 4) is 11.5 Å². The second kappa shape index (κ2) is 8.20. The summed E-state index contributed by atoms with van der Waals surface area (Å²) in [5, 5.41) is 4.22. The Morgan fingerprint density at radius 2 is 1.45 bits per heavy atom. The van der Waals surface area contributed by atoms with E-state index in [0.29, 0.717) is 16.1 Å². The lowest BCUT2D eigenvalue weighted by atomic mass is 10.1. The summed E-state index contributed by atoms with van der Waals surface area (Å²) in [5.74, 6) is 1.49. The summed E-state index contributed by atoms with van der Waals surface area (Å²) in [6.45, 7) is 1.92. The summed E-state index contributed by atoms with van der Waals surface area (Å²) < 4.78 is 5.82. The number of ketones is 1. The van der Waals surface area contributed by atoms with Crippen molar-refractivity contribution < 1.29 is 9.53 Å². The van der Waals surface area contributed by atoms with Gasteiger partial charge in [0, 0.05) is 16.8 Å². The van der Waals surface area contributed by atoms with Crippen LogP contribution in [0.25, 0.3) is 0 Å². The maximum Gasteiger partial charge on any atom is 0.205 e. The molecule has 0 fully saturated rings. The molecule has 29 heavy (non-hydrogen) atoms. The molecule has 0 aliphatic carbocycles. The Labute approximate surface area is 173 Å². The fraction of sp³-hybridized carbons (Fsp3) is 0.0417. The summed E-state index contributed by atoms with van der Waals surface area (Å²) in [4.78, 5) is 13.3. The van der Waals surface area contributed by atoms with E-state index < -0.39 is 0 Å². The zero-order chi connectivity index (χ0) is 20.2. The summed E-state index contributed by atoms with van der Waals surface area (Å²) in [6.07, 6.45) is 0. The number of anilines is 3. The van der Waals surface area contributed by atoms with E-state index in [1.807, 2.05) is 79.7 Å². The van der Waals surface area contributed by atoms with E-state index >= 15 is 0 Å². The molecule has 0 bridgehead atoms. The molecule has 0 unspecified atom stereocenters. The molecule has 1 heterocycles. The maximum absolute atomic E-state index is 12.8. The van der Waals surface area contributed by atoms with Gasteiger partial charge in [0.2, 0.25) is 5.78 Å². The van der Waals surface area contributed by atoms with Gasteiger partial charge in [0.1, 0.15) is 16.4 Å². The third-order valence-corrected chi connectivity index (χ3v) is 5.75. The van der Waals surface area contributed by atoms with Crippen LogP contribution in [0.2, 0.25) is 0 Å². The summed E-state index contributed by atoms with van der Waals surface area (Å²) in [7, 11) is 0. The van der Waals surface area contributed by atoms with E-state index in [-0.39, 0.29) is 5.78 Å². The fourth-order valence-electron chi connectivity index (χ4n) is 2.90. The zero-order valence-electron chi connectivity index (χ0n) is 15.9. The van der Waals surface area contributed by atoms with Crippen molar-refractivity contribution in [2.75, 3.05) is 11.1 Å². The van der Waals surface area contributed by atoms with Gasteiger partial charge in [-0.25, -0.2) is 0 Å². The van der Waals surface area contributed by atoms with Crippen LogP contribution >= 0.6 is 11.3 Å². The summed E-state index contributed by atoms with van der Waals surface area (Å²) >= 11 is 1.37. The molecule has 3 aromatic carbocycles. The molecule has 0 atom stereocenters. The van der Waals surface area contributed by atoms with Crippen molar-refractivity contribution in [3.63, 3.8) is 0 Å². The zero-order valence-corrected chi connectivity index (χ0v) is 16.7. The normalized spacial score (nSPS) is 10.5. The highest BCUT2D eigenvalue weighted by Gasteiger charge is 2.20. The second-order valence-electron chi connectivity index (χ2n) is 6.56. The van der Waals surface area contributed by atoms with E-state index in [1.54, 1.807) is 12.1 Å². The number of hydrogen-bond donors (Lipinski definition) is 2. The highest BCUT2D eigenvalue weighted by atomic mass is 32.1. The number of carbonyl (C=O) groups excluding carboxylic acids is 1. The number of nitrogens with two attached hydrogens (primary N) is 1. The van der Waals surface area contributed by atoms with Crippen molar-refractivity contribution in [3.05, 3.63) is 101 Å². The van der Waals surface area contributed by atoms with Crippen LogP contribution in [0.15, 0.2) is 84.9 Å². The van der Waals surface area contributed by atoms with Crippen LogP contribution < -0.4 is 15.8 Å². The number of para-hydroxylation sites is 1. The van der Waals surface area contributed by atoms with Gasteiger partial charge in [0.15, 0.2) is 0 Å². The minimum atomic E-state index is -0.0594. The molecule has 1 aromatic heterocycles. The molecule has 0 radical (unpaired) electrons. The molecular weight excluding hydrogens is 380 g/mol. The van der Waals surface area contributed by atoms with Gasteiger partial charge in [0.25, 0.3) is 0 Å². The largest absolute Gasteiger partial charge is 0.457 e. The quantitative estimate of drug-likeness (QED) is 0.367. The first kappa shape index (κ1) is 18.8. The molecule has 0 saturated heterocycles. The van der Waals surface area contributed by atoms with E-state index in [2.05, 4.69) is 5.32 Å². The Balaban J connectivity index is 1.52. The molecule has 5 heteroatoms. The van der Waals surface area contributed by atoms with Crippen LogP contribution in [0.5, 0.6) is 11.5 Å². The van der Waals surface area contributed by atoms with E-state index in [4.69, 9.17) is 10.5 Å². The monoisotopic (exact) mass is 400 g/mol. The number of nitrogens with one attached hydrogen (secondary N) is 1. The molecule has 144 valence electrons. The standard InChI is InChI=1S/C24H20N2O2S/c1-16-21(25)23(22(27)17-8-4-2-5-9-17)29-24(16)26-18-12-14-20(15-13-18)28-19-10-6-3-7-11-19/h2-15,26H,25H2,1H3. The molecule has 4 nitrogen and oxygen atoms in total. The average Bonchev–Trinajstić information content (AvgIpc) is 3.04. The van der Waals surface area contributed by atoms with Crippen LogP contribution in [0, 0.1) is 6.92 Å². The van der Waals surface area contributed by atoms with Gasteiger partial charge >= 0.3 is 0 Å². The van der Waals surface area contributed by atoms with Gasteiger partial charge in [-0.05, 0) is 43.3 Å². The van der Waals surface area contributed by atoms with Gasteiger partial charge in [-0.15, -0.1) is 11.3 Å². The molecule has 0 aliphatic heterocycles. The first-order chi connectivity index (χ1) is 14.1. The first-order valence-electron chi connectivity index (χ1n) is 9.20. The Morgan fingerprint density at radius 3 is 2.10 bits per heavy atom. The smallest absolute Gasteiger partial charge is 0.205 e. The predicted molar refractivity (Wildman–Crippen MR) is 120 cm³/mol. The Hall–Kier alpha value is -3.57. The molecule has 3 N–H and O–H groups in total. The fourth-order valence-corrected chi connectivity index (χ4v) is 4.01. The Kier molecular flexibility index (Phi) is 5.31. The van der Waals surface area contributed by atoms with Gasteiger partial charge in [0.05, 0.1) is 10.7 Å². The van der Waals surface area contributed by atoms with Crippen LogP contribution in [0.1, 0.15) is 20.8 Å². The molecule has 4 rings (SSSR count). The number of hydrogen-bond acceptors (Lipinski definition) is 5. The highest BCUT2D eigenvalue weighted by Crippen LogP contribution is 2.38. The van der Waals surface area contributed by atoms with Crippen molar-refractivity contribution in [1.82, 2.24) is 0 Å². The molecule has 0 amide bonds. The number of carbonyl (C=O) groups is 1. The summed E-state index contributed by atoms with van der Waals surface area (Å²) in [6, 6.07) is 26.5. The SMILES string of the molecule is Cc1c(Nc2ccc(Oc3ccccc3)cc2)sc(C(=O)c2ccccc2)c1N. The minimum Gasteiger partial charge on any atom is -0.457 e. The highest BCUT2D eigenvalue weighted by molar-refractivity contribution is 7.19. The lowest BCUT2D eigenvalue weighted by Crippen LogP contribution is -2.02. The Morgan fingerprint density at radius 1 is 0.862 bits per heavy atom. The molecule has 0 saturated carbocycles. The van der Waals surface area contributed by atoms with Crippen LogP contribution in [-0.4, -0.2) is 5.78 Å². The number of rotatable bonds is 6. The lowest BCUT2D eigenvalue weighted by molar-refractivity contribution is 0.104. The molecule has 0 aliphatic rings. The van der Waals surface area contributed by atoms with Crippen molar-refractivity contribution in [2.24, 2.45) is 0 Å². The van der Waals surface area contributed by atoms with E-state index in [9.17, 15) is 4.79 Å². The van der Waals surface area contributed by atoms with E-state index in [1.165, 1.54) is 11.3 Å². The average molecular weight is 401 g/mol. The minimum absolute atomic E-state index is 0.0594. The molecular formula is C24H20N2O2S. The lowest BCUT2D eigenvalue weighted by Gasteiger charge is -2.08. The van der Waals surface area contributed by atoms with Crippen molar-refractivity contribution in [1.29, 1.82) is 0 Å². The van der Waals surface area contributed by atoms with Crippen LogP contribution in [0.4, 0.5) is 16.4 Å². The van der Waals surface area contributed by atoms with Gasteiger partial charge in [-0.2, -0.15) is 0 Å². The van der Waals surface area contributed by atoms with Gasteiger partial charge in [-0.1, -0.05) is 48.5 Å². The van der Waals surface area contributed by atoms with Crippen molar-refractivity contribution >= 4 is 33.5 Å². The van der Waals surface area contributed by atoms with Crippen LogP contribution in [-0.2, 0) is 0 Å². The first-order valence-corrected chi connectivity index (χ1v) is 10.0. The van der Waals surface area contributed by atoms with E-state index in [0.717, 1.165) is 27.8 Å². The number of ether oxygens (including phenoxy) is 1. The molecule has 0 spiro atoms. The van der Waals surface area contributed by atoms with Crippen LogP contribution in [0.3, 0.4) is 0 Å². The number of thiophene rings is 1. The van der Waals surface area contributed by atoms with Crippen molar-refractivity contribution in [2.45, 2.75) is 6.92 Å². The molecule has 4 aromatic rings. The van der Waals surface area contributed by atoms with Gasteiger partial charge in [-0.3, -0.25) is 4.79 Å². The third-order valence-electron chi connectivity index (χ3n) is 4.53. The maximum atomic E-state index is 12.8. The summed E-state index contributed by atoms with van der Waals surface area (Å²) in [5.41, 5.74) is 9.16. The van der Waals surface area contributed by atoms with Gasteiger partial charge < -0.3 is 15.8 Å². The number of benzene rings is 3. The third kappa shape index (κ3) is 4.15. The topological polar surface area (TPSA) is 64.3 Å². The Bertz CT molecular complexity index is 1120. The number of nitrogen functional groups attached to an aromatic ring is 1. The second-order valence-corrected chi connectivity index (χ2v) is 7.58.